The van der Waals surface area contributed by atoms with E-state index in [-0.39, 0.29) is 0 Å². The lowest BCUT2D eigenvalue weighted by Gasteiger charge is -2.14. The summed E-state index contributed by atoms with van der Waals surface area (Å²) in [4.78, 5) is 5.27. The highest BCUT2D eigenvalue weighted by atomic mass is 32.2. The maximum Gasteiger partial charge on any atom is 0.126 e. The molecule has 2 aromatic carbocycles. The van der Waals surface area contributed by atoms with Gasteiger partial charge in [-0.25, -0.2) is 0 Å². The number of hydrogen-bond acceptors (Lipinski definition) is 4. The summed E-state index contributed by atoms with van der Waals surface area (Å²) in [5.74, 6) is 2.66. The molecular weight excluding hydrogens is 378 g/mol. The number of phenolic OH excluding ortho intramolecular Hbond substituents is 1. The predicted octanol–water partition coefficient (Wildman–Crippen LogP) is 6.56. The Hall–Kier alpha value is -2.46. The topological polar surface area (TPSA) is 42.4 Å². The third kappa shape index (κ3) is 6.26. The Morgan fingerprint density at radius 1 is 0.966 bits per heavy atom. The fourth-order valence-electron chi connectivity index (χ4n) is 3.03. The van der Waals surface area contributed by atoms with Gasteiger partial charge in [0.15, 0.2) is 0 Å². The highest BCUT2D eigenvalue weighted by Crippen LogP contribution is 2.32. The molecule has 0 aliphatic rings. The molecule has 3 rings (SSSR count). The summed E-state index contributed by atoms with van der Waals surface area (Å²) >= 11 is 1.80. The third-order valence-corrected chi connectivity index (χ3v) is 6.01. The maximum atomic E-state index is 10.5. The summed E-state index contributed by atoms with van der Waals surface area (Å²) < 4.78 is 5.98. The van der Waals surface area contributed by atoms with E-state index in [9.17, 15) is 5.11 Å². The van der Waals surface area contributed by atoms with Crippen LogP contribution < -0.4 is 4.74 Å². The second kappa shape index (κ2) is 10.4. The van der Waals surface area contributed by atoms with Crippen molar-refractivity contribution in [1.29, 1.82) is 0 Å². The number of hydrogen-bond donors (Lipinski definition) is 1. The van der Waals surface area contributed by atoms with Gasteiger partial charge >= 0.3 is 0 Å². The Balaban J connectivity index is 1.55. The van der Waals surface area contributed by atoms with Crippen molar-refractivity contribution in [2.75, 3.05) is 0 Å². The smallest absolute Gasteiger partial charge is 0.126 e. The highest BCUT2D eigenvalue weighted by molar-refractivity contribution is 7.98. The Bertz CT molecular complexity index is 908. The van der Waals surface area contributed by atoms with Crippen LogP contribution in [-0.2, 0) is 18.8 Å². The normalized spacial score (nSPS) is 11.0. The quantitative estimate of drug-likeness (QED) is 0.408. The van der Waals surface area contributed by atoms with E-state index < -0.39 is 0 Å². The van der Waals surface area contributed by atoms with Crippen molar-refractivity contribution in [1.82, 2.24) is 4.98 Å². The van der Waals surface area contributed by atoms with Crippen LogP contribution in [0.2, 0.25) is 0 Å². The molecule has 0 bridgehead atoms. The SMILES string of the molecule is Cc1c(OCc2ccc(CSc3ccncc3)cc2)ccc(CCC(C)C)c1O. The number of rotatable bonds is 9. The van der Waals surface area contributed by atoms with Crippen molar-refractivity contribution in [2.45, 2.75) is 50.9 Å². The lowest BCUT2D eigenvalue weighted by atomic mass is 10.00. The summed E-state index contributed by atoms with van der Waals surface area (Å²) in [5, 5.41) is 10.5. The summed E-state index contributed by atoms with van der Waals surface area (Å²) in [6, 6.07) is 16.5. The number of benzene rings is 2. The van der Waals surface area contributed by atoms with Crippen LogP contribution in [0.4, 0.5) is 0 Å². The Morgan fingerprint density at radius 3 is 2.34 bits per heavy atom. The number of ether oxygens (including phenoxy) is 1. The summed E-state index contributed by atoms with van der Waals surface area (Å²) in [6.07, 6.45) is 5.60. The van der Waals surface area contributed by atoms with Gasteiger partial charge in [-0.3, -0.25) is 4.98 Å². The number of aryl methyl sites for hydroxylation is 1. The first-order chi connectivity index (χ1) is 14.0. The fourth-order valence-corrected chi connectivity index (χ4v) is 3.87. The van der Waals surface area contributed by atoms with E-state index in [2.05, 4.69) is 43.1 Å². The first-order valence-electron chi connectivity index (χ1n) is 10.1. The Morgan fingerprint density at radius 2 is 1.66 bits per heavy atom. The molecule has 0 spiro atoms. The van der Waals surface area contributed by atoms with E-state index in [1.165, 1.54) is 10.5 Å². The molecule has 0 atom stereocenters. The standard InChI is InChI=1S/C25H29NO2S/c1-18(2)4-9-22-10-11-24(19(3)25(22)27)28-16-20-5-7-21(8-6-20)17-29-23-12-14-26-15-13-23/h5-8,10-15,18,27H,4,9,16-17H2,1-3H3. The Labute approximate surface area is 178 Å². The molecular formula is C25H29NO2S. The highest BCUT2D eigenvalue weighted by Gasteiger charge is 2.11. The molecule has 0 saturated heterocycles. The van der Waals surface area contributed by atoms with Crippen LogP contribution >= 0.6 is 11.8 Å². The van der Waals surface area contributed by atoms with Crippen molar-refractivity contribution in [2.24, 2.45) is 5.92 Å². The first-order valence-corrected chi connectivity index (χ1v) is 11.1. The minimum Gasteiger partial charge on any atom is -0.507 e. The fraction of sp³-hybridized carbons (Fsp3) is 0.320. The van der Waals surface area contributed by atoms with Crippen LogP contribution in [0.3, 0.4) is 0 Å². The van der Waals surface area contributed by atoms with Gasteiger partial charge in [-0.05, 0) is 60.6 Å². The van der Waals surface area contributed by atoms with Crippen LogP contribution in [-0.4, -0.2) is 10.1 Å². The van der Waals surface area contributed by atoms with Gasteiger partial charge in [-0.15, -0.1) is 11.8 Å². The second-order valence-corrected chi connectivity index (χ2v) is 8.75. The average molecular weight is 408 g/mol. The molecule has 0 saturated carbocycles. The predicted molar refractivity (Wildman–Crippen MR) is 121 cm³/mol. The number of pyridine rings is 1. The third-order valence-electron chi connectivity index (χ3n) is 4.93. The summed E-state index contributed by atoms with van der Waals surface area (Å²) in [7, 11) is 0. The summed E-state index contributed by atoms with van der Waals surface area (Å²) in [6.45, 7) is 6.81. The van der Waals surface area contributed by atoms with Crippen LogP contribution in [0.1, 0.15) is 42.5 Å². The van der Waals surface area contributed by atoms with Gasteiger partial charge in [0, 0.05) is 28.6 Å². The van der Waals surface area contributed by atoms with E-state index in [4.69, 9.17) is 4.74 Å². The van der Waals surface area contributed by atoms with E-state index in [0.717, 1.165) is 41.0 Å². The number of aromatic nitrogens is 1. The molecule has 29 heavy (non-hydrogen) atoms. The molecule has 0 unspecified atom stereocenters. The molecule has 0 aliphatic carbocycles. The molecule has 3 nitrogen and oxygen atoms in total. The van der Waals surface area contributed by atoms with Gasteiger partial charge in [0.05, 0.1) is 0 Å². The van der Waals surface area contributed by atoms with Gasteiger partial charge in [0.1, 0.15) is 18.1 Å². The van der Waals surface area contributed by atoms with Crippen LogP contribution in [0.25, 0.3) is 0 Å². The lowest BCUT2D eigenvalue weighted by molar-refractivity contribution is 0.301. The molecule has 3 aromatic rings. The molecule has 0 amide bonds. The van der Waals surface area contributed by atoms with E-state index in [0.29, 0.717) is 18.3 Å². The molecule has 1 heterocycles. The van der Waals surface area contributed by atoms with Crippen molar-refractivity contribution in [3.63, 3.8) is 0 Å². The van der Waals surface area contributed by atoms with Crippen LogP contribution in [0.5, 0.6) is 11.5 Å². The lowest BCUT2D eigenvalue weighted by Crippen LogP contribution is -1.99. The minimum absolute atomic E-state index is 0.367. The molecule has 0 aliphatic heterocycles. The van der Waals surface area contributed by atoms with Crippen molar-refractivity contribution >= 4 is 11.8 Å². The second-order valence-electron chi connectivity index (χ2n) is 7.71. The van der Waals surface area contributed by atoms with Gasteiger partial charge in [-0.2, -0.15) is 0 Å². The number of thioether (sulfide) groups is 1. The Kier molecular flexibility index (Phi) is 7.59. The van der Waals surface area contributed by atoms with E-state index in [1.807, 2.05) is 43.6 Å². The molecule has 0 fully saturated rings. The van der Waals surface area contributed by atoms with Crippen molar-refractivity contribution in [3.05, 3.63) is 83.2 Å². The monoisotopic (exact) mass is 407 g/mol. The molecule has 152 valence electrons. The molecule has 4 heteroatoms. The minimum atomic E-state index is 0.367. The van der Waals surface area contributed by atoms with Gasteiger partial charge in [-0.1, -0.05) is 44.2 Å². The summed E-state index contributed by atoms with van der Waals surface area (Å²) in [5.41, 5.74) is 4.21. The zero-order valence-electron chi connectivity index (χ0n) is 17.4. The van der Waals surface area contributed by atoms with Gasteiger partial charge in [0.2, 0.25) is 0 Å². The number of nitrogens with zero attached hydrogens (tertiary/aromatic N) is 1. The first kappa shape index (κ1) is 21.3. The zero-order chi connectivity index (χ0) is 20.6. The molecule has 0 radical (unpaired) electrons. The van der Waals surface area contributed by atoms with Gasteiger partial charge in [0.25, 0.3) is 0 Å². The van der Waals surface area contributed by atoms with Crippen LogP contribution in [0, 0.1) is 12.8 Å². The van der Waals surface area contributed by atoms with Gasteiger partial charge < -0.3 is 9.84 Å². The van der Waals surface area contributed by atoms with Crippen molar-refractivity contribution in [3.8, 4) is 11.5 Å². The number of phenols is 1. The average Bonchev–Trinajstić information content (AvgIpc) is 2.74. The van der Waals surface area contributed by atoms with Crippen LogP contribution in [0.15, 0.2) is 65.8 Å². The maximum absolute atomic E-state index is 10.5. The molecule has 1 aromatic heterocycles. The van der Waals surface area contributed by atoms with E-state index in [1.54, 1.807) is 11.8 Å². The molecule has 1 N–H and O–H groups in total. The largest absolute Gasteiger partial charge is 0.507 e. The number of aromatic hydroxyl groups is 1. The van der Waals surface area contributed by atoms with E-state index >= 15 is 0 Å². The van der Waals surface area contributed by atoms with Crippen molar-refractivity contribution < 1.29 is 9.84 Å². The zero-order valence-corrected chi connectivity index (χ0v) is 18.2.